The number of piperidine rings is 1. The summed E-state index contributed by atoms with van der Waals surface area (Å²) < 4.78 is 10.6. The highest BCUT2D eigenvalue weighted by Gasteiger charge is 2.30. The minimum atomic E-state index is -0.604. The van der Waals surface area contributed by atoms with Crippen molar-refractivity contribution in [2.75, 3.05) is 26.2 Å². The molecule has 0 bridgehead atoms. The molecule has 7 nitrogen and oxygen atoms in total. The van der Waals surface area contributed by atoms with Crippen LogP contribution in [-0.4, -0.2) is 54.5 Å². The topological polar surface area (TPSA) is 91.7 Å². The molecule has 1 rings (SSSR count). The summed E-state index contributed by atoms with van der Waals surface area (Å²) in [6.45, 7) is 10.5. The predicted molar refractivity (Wildman–Crippen MR) is 109 cm³/mol. The first-order chi connectivity index (χ1) is 13.2. The predicted octanol–water partition coefficient (Wildman–Crippen LogP) is 3.25. The van der Waals surface area contributed by atoms with Gasteiger partial charge >= 0.3 is 12.1 Å². The van der Waals surface area contributed by atoms with Crippen LogP contribution in [0.15, 0.2) is 11.3 Å². The molecule has 1 aliphatic rings. The molecule has 1 fully saturated rings. The number of ether oxygens (including phenoxy) is 2. The van der Waals surface area contributed by atoms with Gasteiger partial charge in [-0.2, -0.15) is 0 Å². The summed E-state index contributed by atoms with van der Waals surface area (Å²) in [6.07, 6.45) is 2.24. The Kier molecular flexibility index (Phi) is 9.57. The maximum absolute atomic E-state index is 12.5. The molecule has 0 aliphatic carbocycles. The van der Waals surface area contributed by atoms with E-state index < -0.39 is 17.7 Å². The Bertz CT molecular complexity index is 665. The highest BCUT2D eigenvalue weighted by Crippen LogP contribution is 2.19. The molecule has 0 saturated carbocycles. The lowest BCUT2D eigenvalue weighted by atomic mass is 10.00. The van der Waals surface area contributed by atoms with Crippen LogP contribution >= 0.6 is 0 Å². The van der Waals surface area contributed by atoms with Crippen LogP contribution in [0.5, 0.6) is 0 Å². The van der Waals surface area contributed by atoms with E-state index in [1.54, 1.807) is 27.7 Å². The van der Waals surface area contributed by atoms with E-state index in [1.165, 1.54) is 4.90 Å². The van der Waals surface area contributed by atoms with E-state index in [1.807, 2.05) is 6.92 Å². The first-order valence-corrected chi connectivity index (χ1v) is 9.85. The molecule has 1 amide bonds. The molecule has 1 aliphatic heterocycles. The summed E-state index contributed by atoms with van der Waals surface area (Å²) in [5.74, 6) is 5.57. The van der Waals surface area contributed by atoms with Crippen molar-refractivity contribution in [3.63, 3.8) is 0 Å². The number of hydrogen-bond donors (Lipinski definition) is 2. The summed E-state index contributed by atoms with van der Waals surface area (Å²) in [5.41, 5.74) is 0.466. The SMILES string of the molecule is CCC#CCCCN/C(C(=O)OCC)=C1/CN(C(=O)OC(C)(C)C)CCC1=N. The van der Waals surface area contributed by atoms with E-state index in [-0.39, 0.29) is 18.8 Å². The van der Waals surface area contributed by atoms with E-state index in [4.69, 9.17) is 14.9 Å². The summed E-state index contributed by atoms with van der Waals surface area (Å²) in [5, 5.41) is 11.4. The second kappa shape index (κ2) is 11.4. The summed E-state index contributed by atoms with van der Waals surface area (Å²) in [6, 6.07) is 0. The van der Waals surface area contributed by atoms with Crippen molar-refractivity contribution in [3.05, 3.63) is 11.3 Å². The number of unbranched alkanes of at least 4 members (excludes halogenated alkanes) is 1. The number of nitrogens with one attached hydrogen (secondary N) is 2. The molecule has 28 heavy (non-hydrogen) atoms. The number of carbonyl (C=O) groups is 2. The normalized spacial score (nSPS) is 16.0. The molecule has 1 heterocycles. The summed E-state index contributed by atoms with van der Waals surface area (Å²) >= 11 is 0. The van der Waals surface area contributed by atoms with Crippen LogP contribution in [0.1, 0.15) is 60.3 Å². The quantitative estimate of drug-likeness (QED) is 0.314. The number of rotatable bonds is 6. The lowest BCUT2D eigenvalue weighted by molar-refractivity contribution is -0.139. The van der Waals surface area contributed by atoms with Gasteiger partial charge in [0.25, 0.3) is 0 Å². The zero-order valence-corrected chi connectivity index (χ0v) is 17.7. The van der Waals surface area contributed by atoms with Crippen LogP contribution in [0.3, 0.4) is 0 Å². The molecule has 0 spiro atoms. The minimum Gasteiger partial charge on any atom is -0.461 e. The van der Waals surface area contributed by atoms with E-state index >= 15 is 0 Å². The lowest BCUT2D eigenvalue weighted by Gasteiger charge is -2.32. The Morgan fingerprint density at radius 2 is 1.96 bits per heavy atom. The Hall–Kier alpha value is -2.49. The number of esters is 1. The van der Waals surface area contributed by atoms with Gasteiger partial charge in [-0.1, -0.05) is 6.92 Å². The molecule has 156 valence electrons. The first-order valence-electron chi connectivity index (χ1n) is 9.85. The molecule has 0 aromatic carbocycles. The highest BCUT2D eigenvalue weighted by atomic mass is 16.6. The fourth-order valence-corrected chi connectivity index (χ4v) is 2.58. The Morgan fingerprint density at radius 1 is 1.25 bits per heavy atom. The van der Waals surface area contributed by atoms with Gasteiger partial charge in [-0.3, -0.25) is 0 Å². The van der Waals surface area contributed by atoms with Gasteiger partial charge in [0.05, 0.1) is 13.2 Å². The van der Waals surface area contributed by atoms with Gasteiger partial charge in [0.15, 0.2) is 0 Å². The lowest BCUT2D eigenvalue weighted by Crippen LogP contribution is -2.44. The van der Waals surface area contributed by atoms with Gasteiger partial charge in [0.1, 0.15) is 11.3 Å². The molecule has 0 unspecified atom stereocenters. The molecule has 0 atom stereocenters. The second-order valence-corrected chi connectivity index (χ2v) is 7.44. The maximum atomic E-state index is 12.5. The summed E-state index contributed by atoms with van der Waals surface area (Å²) in [4.78, 5) is 26.4. The van der Waals surface area contributed by atoms with Crippen molar-refractivity contribution in [3.8, 4) is 11.8 Å². The number of carbonyl (C=O) groups excluding carboxylic acids is 2. The minimum absolute atomic E-state index is 0.143. The van der Waals surface area contributed by atoms with Gasteiger partial charge in [-0.05, 0) is 34.1 Å². The van der Waals surface area contributed by atoms with Gasteiger partial charge < -0.3 is 25.1 Å². The van der Waals surface area contributed by atoms with Crippen LogP contribution in [-0.2, 0) is 14.3 Å². The molecular formula is C21H33N3O4. The van der Waals surface area contributed by atoms with Crippen molar-refractivity contribution in [1.82, 2.24) is 10.2 Å². The molecule has 2 N–H and O–H groups in total. The van der Waals surface area contributed by atoms with E-state index in [0.29, 0.717) is 30.8 Å². The van der Waals surface area contributed by atoms with Crippen molar-refractivity contribution >= 4 is 17.8 Å². The monoisotopic (exact) mass is 391 g/mol. The van der Waals surface area contributed by atoms with Crippen LogP contribution in [0.25, 0.3) is 0 Å². The average molecular weight is 392 g/mol. The number of hydrogen-bond acceptors (Lipinski definition) is 6. The number of likely N-dealkylation sites (tertiary alicyclic amines) is 1. The van der Waals surface area contributed by atoms with Gasteiger partial charge in [-0.15, -0.1) is 11.8 Å². The van der Waals surface area contributed by atoms with Crippen molar-refractivity contribution in [2.24, 2.45) is 0 Å². The highest BCUT2D eigenvalue weighted by molar-refractivity contribution is 6.06. The van der Waals surface area contributed by atoms with Gasteiger partial charge in [0.2, 0.25) is 0 Å². The van der Waals surface area contributed by atoms with Crippen LogP contribution in [0, 0.1) is 17.3 Å². The van der Waals surface area contributed by atoms with Crippen molar-refractivity contribution < 1.29 is 19.1 Å². The third-order valence-electron chi connectivity index (χ3n) is 3.86. The fourth-order valence-electron chi connectivity index (χ4n) is 2.58. The first kappa shape index (κ1) is 23.5. The maximum Gasteiger partial charge on any atom is 0.410 e. The molecular weight excluding hydrogens is 358 g/mol. The van der Waals surface area contributed by atoms with Gasteiger partial charge in [-0.25, -0.2) is 9.59 Å². The van der Waals surface area contributed by atoms with Gasteiger partial charge in [0, 0.05) is 43.6 Å². The number of amides is 1. The zero-order chi connectivity index (χ0) is 21.2. The van der Waals surface area contributed by atoms with E-state index in [2.05, 4.69) is 17.2 Å². The Morgan fingerprint density at radius 3 is 2.57 bits per heavy atom. The summed E-state index contributed by atoms with van der Waals surface area (Å²) in [7, 11) is 0. The average Bonchev–Trinajstić information content (AvgIpc) is 2.60. The third kappa shape index (κ3) is 8.03. The standard InChI is InChI=1S/C21H33N3O4/c1-6-8-9-10-11-13-23-18(19(25)27-7-2)16-15-24(14-12-17(16)22)20(26)28-21(3,4)5/h22-23H,6-7,10-15H2,1-5H3/b18-16-,22-17?. The molecule has 0 aromatic heterocycles. The molecule has 0 radical (unpaired) electrons. The van der Waals surface area contributed by atoms with Crippen LogP contribution < -0.4 is 5.32 Å². The smallest absolute Gasteiger partial charge is 0.410 e. The largest absolute Gasteiger partial charge is 0.461 e. The molecule has 7 heteroatoms. The molecule has 0 aromatic rings. The Balaban J connectivity index is 2.95. The number of nitrogens with zero attached hydrogens (tertiary/aromatic N) is 1. The van der Waals surface area contributed by atoms with Crippen LogP contribution in [0.2, 0.25) is 0 Å². The van der Waals surface area contributed by atoms with Crippen LogP contribution in [0.4, 0.5) is 4.79 Å². The van der Waals surface area contributed by atoms with E-state index in [9.17, 15) is 9.59 Å². The molecule has 1 saturated heterocycles. The second-order valence-electron chi connectivity index (χ2n) is 7.44. The van der Waals surface area contributed by atoms with E-state index in [0.717, 1.165) is 19.3 Å². The third-order valence-corrected chi connectivity index (χ3v) is 3.86. The van der Waals surface area contributed by atoms with Crippen molar-refractivity contribution in [1.29, 1.82) is 5.41 Å². The zero-order valence-electron chi connectivity index (χ0n) is 17.7. The Labute approximate surface area is 168 Å². The van der Waals surface area contributed by atoms with Crippen molar-refractivity contribution in [2.45, 2.75) is 65.9 Å². The fraction of sp³-hybridized carbons (Fsp3) is 0.667.